The second kappa shape index (κ2) is 6.58. The minimum absolute atomic E-state index is 0.00623. The molecule has 3 unspecified atom stereocenters. The Kier molecular flexibility index (Phi) is 5.72. The number of ether oxygens (including phenoxy) is 1. The van der Waals surface area contributed by atoms with Gasteiger partial charge in [-0.2, -0.15) is 0 Å². The molecule has 0 aromatic heterocycles. The van der Waals surface area contributed by atoms with Crippen LogP contribution in [0.15, 0.2) is 0 Å². The molecule has 1 saturated heterocycles. The van der Waals surface area contributed by atoms with E-state index in [2.05, 4.69) is 0 Å². The van der Waals surface area contributed by atoms with Crippen molar-refractivity contribution in [2.75, 3.05) is 17.8 Å². The molecule has 6 heteroatoms. The topological polar surface area (TPSA) is 92.8 Å². The van der Waals surface area contributed by atoms with Gasteiger partial charge in [0.05, 0.1) is 18.5 Å². The number of aliphatic hydroxyl groups excluding tert-OH is 1. The maximum absolute atomic E-state index is 10.6. The fourth-order valence-electron chi connectivity index (χ4n) is 1.76. The zero-order valence-corrected chi connectivity index (χ0v) is 11.0. The first-order valence-electron chi connectivity index (χ1n) is 5.66. The first-order chi connectivity index (χ1) is 7.90. The summed E-state index contributed by atoms with van der Waals surface area (Å²) in [6.07, 6.45) is 3.64. The summed E-state index contributed by atoms with van der Waals surface area (Å²) in [5.41, 5.74) is 5.44. The van der Waals surface area contributed by atoms with Gasteiger partial charge in [-0.1, -0.05) is 0 Å². The molecule has 1 aliphatic rings. The number of hydrogen-bond donors (Lipinski definition) is 3. The van der Waals surface area contributed by atoms with Gasteiger partial charge < -0.3 is 20.7 Å². The van der Waals surface area contributed by atoms with Crippen LogP contribution in [0, 0.1) is 6.42 Å². The largest absolute Gasteiger partial charge is 0.480 e. The summed E-state index contributed by atoms with van der Waals surface area (Å²) in [6.45, 7) is 1.90. The molecule has 0 spiro atoms. The van der Waals surface area contributed by atoms with Crippen molar-refractivity contribution in [3.8, 4) is 0 Å². The molecule has 1 radical (unpaired) electrons. The van der Waals surface area contributed by atoms with Gasteiger partial charge in [-0.15, -0.1) is 0 Å². The van der Waals surface area contributed by atoms with Crippen LogP contribution < -0.4 is 5.73 Å². The van der Waals surface area contributed by atoms with E-state index in [0.717, 1.165) is 11.5 Å². The SMILES string of the molecule is CC1[CH][C@H](O)C(C[S+](C)CC[C@@H](N)C(=O)O)O1. The average molecular weight is 263 g/mol. The van der Waals surface area contributed by atoms with E-state index in [1.807, 2.05) is 13.2 Å². The number of nitrogens with two attached hydrogens (primary N) is 1. The van der Waals surface area contributed by atoms with Crippen LogP contribution in [0.3, 0.4) is 0 Å². The summed E-state index contributed by atoms with van der Waals surface area (Å²) in [4.78, 5) is 10.6. The molecule has 0 saturated carbocycles. The van der Waals surface area contributed by atoms with Gasteiger partial charge in [0.25, 0.3) is 0 Å². The Labute approximate surface area is 105 Å². The van der Waals surface area contributed by atoms with Crippen molar-refractivity contribution in [1.29, 1.82) is 0 Å². The maximum atomic E-state index is 10.6. The molecule has 1 heterocycles. The van der Waals surface area contributed by atoms with Crippen LogP contribution in [0.2, 0.25) is 0 Å². The summed E-state index contributed by atoms with van der Waals surface area (Å²) in [6, 6.07) is -0.787. The normalized spacial score (nSPS) is 32.4. The second-order valence-corrected chi connectivity index (χ2v) is 6.75. The first kappa shape index (κ1) is 14.8. The van der Waals surface area contributed by atoms with Crippen LogP contribution in [-0.4, -0.2) is 58.3 Å². The summed E-state index contributed by atoms with van der Waals surface area (Å²) in [5, 5.41) is 18.3. The molecule has 17 heavy (non-hydrogen) atoms. The fourth-order valence-corrected chi connectivity index (χ4v) is 3.42. The average Bonchev–Trinajstić information content (AvgIpc) is 2.53. The zero-order chi connectivity index (χ0) is 13.0. The number of carboxylic acids is 1. The van der Waals surface area contributed by atoms with Crippen molar-refractivity contribution >= 4 is 16.9 Å². The Morgan fingerprint density at radius 3 is 2.76 bits per heavy atom. The van der Waals surface area contributed by atoms with Crippen LogP contribution in [0.4, 0.5) is 0 Å². The number of carboxylic acid groups (broad SMARTS) is 1. The van der Waals surface area contributed by atoms with E-state index >= 15 is 0 Å². The lowest BCUT2D eigenvalue weighted by Crippen LogP contribution is -2.35. The van der Waals surface area contributed by atoms with Crippen LogP contribution in [0.5, 0.6) is 0 Å². The molecule has 5 atom stereocenters. The van der Waals surface area contributed by atoms with Crippen LogP contribution in [-0.2, 0) is 20.4 Å². The van der Waals surface area contributed by atoms with E-state index in [1.165, 1.54) is 0 Å². The van der Waals surface area contributed by atoms with E-state index in [1.54, 1.807) is 6.42 Å². The third-order valence-corrected chi connectivity index (χ3v) is 4.61. The Bertz CT molecular complexity index is 264. The lowest BCUT2D eigenvalue weighted by molar-refractivity contribution is -0.138. The lowest BCUT2D eigenvalue weighted by atomic mass is 10.2. The van der Waals surface area contributed by atoms with E-state index < -0.39 is 18.1 Å². The Hall–Kier alpha value is -0.300. The smallest absolute Gasteiger partial charge is 0.320 e. The molecule has 1 aliphatic heterocycles. The van der Waals surface area contributed by atoms with Crippen molar-refractivity contribution in [1.82, 2.24) is 0 Å². The van der Waals surface area contributed by atoms with E-state index in [4.69, 9.17) is 15.6 Å². The van der Waals surface area contributed by atoms with Gasteiger partial charge in [0.15, 0.2) is 0 Å². The monoisotopic (exact) mass is 263 g/mol. The molecular weight excluding hydrogens is 242 g/mol. The molecule has 4 N–H and O–H groups in total. The predicted molar refractivity (Wildman–Crippen MR) is 67.9 cm³/mol. The molecule has 1 rings (SSSR count). The number of aliphatic hydroxyl groups is 1. The maximum Gasteiger partial charge on any atom is 0.320 e. The summed E-state index contributed by atoms with van der Waals surface area (Å²) < 4.78 is 5.55. The zero-order valence-electron chi connectivity index (χ0n) is 10.2. The Morgan fingerprint density at radius 2 is 2.29 bits per heavy atom. The molecule has 1 fully saturated rings. The molecule has 0 aliphatic carbocycles. The number of aliphatic carboxylic acids is 1. The molecule has 0 bridgehead atoms. The first-order valence-corrected chi connectivity index (χ1v) is 7.63. The minimum atomic E-state index is -0.957. The van der Waals surface area contributed by atoms with Gasteiger partial charge in [0.2, 0.25) is 0 Å². The van der Waals surface area contributed by atoms with E-state index in [0.29, 0.717) is 6.42 Å². The molecule has 0 aromatic carbocycles. The van der Waals surface area contributed by atoms with Gasteiger partial charge in [-0.05, 0) is 17.8 Å². The highest BCUT2D eigenvalue weighted by Gasteiger charge is 2.36. The Morgan fingerprint density at radius 1 is 1.65 bits per heavy atom. The van der Waals surface area contributed by atoms with Crippen molar-refractivity contribution in [2.24, 2.45) is 5.73 Å². The van der Waals surface area contributed by atoms with Crippen LogP contribution in [0.25, 0.3) is 0 Å². The van der Waals surface area contributed by atoms with Crippen molar-refractivity contribution in [2.45, 2.75) is 37.7 Å². The summed E-state index contributed by atoms with van der Waals surface area (Å²) in [5.74, 6) is 0.559. The number of hydrogen-bond acceptors (Lipinski definition) is 4. The van der Waals surface area contributed by atoms with Crippen molar-refractivity contribution in [3.63, 3.8) is 0 Å². The lowest BCUT2D eigenvalue weighted by Gasteiger charge is -2.14. The van der Waals surface area contributed by atoms with Gasteiger partial charge in [-0.3, -0.25) is 4.79 Å². The molecule has 99 valence electrons. The van der Waals surface area contributed by atoms with Gasteiger partial charge in [0.1, 0.15) is 23.7 Å². The standard InChI is InChI=1S/C11H20NO4S/c1-7-5-9(13)10(16-7)6-17(2)4-3-8(12)11(14)15/h5,7-10,13H,3-4,6,12H2,1-2H3/p+1/t7?,8-,9+,10?,17?/m1/s1. The highest BCUT2D eigenvalue weighted by atomic mass is 32.2. The Balaban J connectivity index is 2.25. The molecule has 5 nitrogen and oxygen atoms in total. The molecule has 0 amide bonds. The molecule has 0 aromatic rings. The van der Waals surface area contributed by atoms with E-state index in [9.17, 15) is 9.90 Å². The third kappa shape index (κ3) is 4.83. The quantitative estimate of drug-likeness (QED) is 0.556. The van der Waals surface area contributed by atoms with E-state index in [-0.39, 0.29) is 23.1 Å². The summed E-state index contributed by atoms with van der Waals surface area (Å²) in [7, 11) is 0.0191. The van der Waals surface area contributed by atoms with Gasteiger partial charge in [0, 0.05) is 12.8 Å². The second-order valence-electron chi connectivity index (χ2n) is 4.45. The fraction of sp³-hybridized carbons (Fsp3) is 0.818. The number of carbonyl (C=O) groups is 1. The minimum Gasteiger partial charge on any atom is -0.480 e. The number of rotatable bonds is 6. The van der Waals surface area contributed by atoms with Crippen molar-refractivity contribution in [3.05, 3.63) is 6.42 Å². The van der Waals surface area contributed by atoms with Gasteiger partial charge in [-0.25, -0.2) is 0 Å². The van der Waals surface area contributed by atoms with Crippen LogP contribution >= 0.6 is 0 Å². The predicted octanol–water partition coefficient (Wildman–Crippen LogP) is -0.611. The summed E-state index contributed by atoms with van der Waals surface area (Å²) >= 11 is 0. The van der Waals surface area contributed by atoms with Crippen molar-refractivity contribution < 1.29 is 19.7 Å². The third-order valence-electron chi connectivity index (χ3n) is 2.78. The highest BCUT2D eigenvalue weighted by Crippen LogP contribution is 2.20. The van der Waals surface area contributed by atoms with Crippen LogP contribution in [0.1, 0.15) is 13.3 Å². The molecular formula is C11H21NO4S+. The highest BCUT2D eigenvalue weighted by molar-refractivity contribution is 7.96. The van der Waals surface area contributed by atoms with Gasteiger partial charge >= 0.3 is 5.97 Å².